The van der Waals surface area contributed by atoms with Crippen molar-refractivity contribution >= 4 is 28.2 Å². The van der Waals surface area contributed by atoms with Crippen molar-refractivity contribution in [3.63, 3.8) is 0 Å². The van der Waals surface area contributed by atoms with Gasteiger partial charge in [-0.05, 0) is 31.4 Å². The van der Waals surface area contributed by atoms with Crippen LogP contribution in [0.15, 0.2) is 23.1 Å². The Balaban J connectivity index is 1.72. The molecule has 6 nitrogen and oxygen atoms in total. The van der Waals surface area contributed by atoms with Crippen LogP contribution < -0.4 is 10.9 Å². The highest BCUT2D eigenvalue weighted by atomic mass is 32.1. The molecular weight excluding hydrogens is 302 g/mol. The van der Waals surface area contributed by atoms with E-state index in [9.17, 15) is 14.4 Å². The zero-order valence-electron chi connectivity index (χ0n) is 12.1. The summed E-state index contributed by atoms with van der Waals surface area (Å²) in [6.07, 6.45) is 3.71. The molecule has 0 spiro atoms. The molecule has 1 aliphatic carbocycles. The van der Waals surface area contributed by atoms with Gasteiger partial charge in [-0.3, -0.25) is 14.4 Å². The van der Waals surface area contributed by atoms with Crippen LogP contribution >= 0.6 is 11.3 Å². The van der Waals surface area contributed by atoms with Crippen LogP contribution in [-0.4, -0.2) is 21.2 Å². The van der Waals surface area contributed by atoms with Gasteiger partial charge in [-0.15, -0.1) is 0 Å². The number of hydrogen-bond acceptors (Lipinski definition) is 5. The number of aromatic nitrogens is 2. The van der Waals surface area contributed by atoms with Crippen molar-refractivity contribution in [3.05, 3.63) is 44.8 Å². The third-order valence-corrected chi connectivity index (χ3v) is 4.53. The standard InChI is InChI=1S/C15H15N3O3S/c1-9-5-6-18(13(21)7-9)8-12(20)17-15-16-10-3-2-4-11(19)14(10)22-15/h5-7H,2-4,8H2,1H3,(H,16,17,20). The van der Waals surface area contributed by atoms with Gasteiger partial charge in [0.2, 0.25) is 5.91 Å². The zero-order chi connectivity index (χ0) is 15.7. The topological polar surface area (TPSA) is 81.1 Å². The summed E-state index contributed by atoms with van der Waals surface area (Å²) < 4.78 is 1.33. The first-order valence-electron chi connectivity index (χ1n) is 7.03. The first kappa shape index (κ1) is 14.6. The number of thiazole rings is 1. The number of hydrogen-bond donors (Lipinski definition) is 1. The van der Waals surface area contributed by atoms with Gasteiger partial charge in [0.05, 0.1) is 10.6 Å². The fourth-order valence-electron chi connectivity index (χ4n) is 2.37. The highest BCUT2D eigenvalue weighted by Gasteiger charge is 2.22. The van der Waals surface area contributed by atoms with E-state index in [0.717, 1.165) is 24.1 Å². The maximum absolute atomic E-state index is 12.0. The lowest BCUT2D eigenvalue weighted by molar-refractivity contribution is -0.116. The second kappa shape index (κ2) is 5.84. The molecule has 0 atom stereocenters. The van der Waals surface area contributed by atoms with Gasteiger partial charge in [0.25, 0.3) is 5.56 Å². The number of aryl methyl sites for hydroxylation is 2. The number of amides is 1. The Morgan fingerprint density at radius 3 is 2.95 bits per heavy atom. The molecule has 22 heavy (non-hydrogen) atoms. The van der Waals surface area contributed by atoms with Gasteiger partial charge >= 0.3 is 0 Å². The summed E-state index contributed by atoms with van der Waals surface area (Å²) in [6.45, 7) is 1.75. The van der Waals surface area contributed by atoms with Gasteiger partial charge in [-0.1, -0.05) is 11.3 Å². The quantitative estimate of drug-likeness (QED) is 0.935. The molecule has 0 aliphatic heterocycles. The minimum absolute atomic E-state index is 0.0721. The first-order chi connectivity index (χ1) is 10.5. The lowest BCUT2D eigenvalue weighted by Crippen LogP contribution is -2.26. The molecule has 7 heteroatoms. The summed E-state index contributed by atoms with van der Waals surface area (Å²) in [6, 6.07) is 3.25. The molecule has 2 aromatic heterocycles. The van der Waals surface area contributed by atoms with Crippen molar-refractivity contribution in [2.24, 2.45) is 0 Å². The number of nitrogens with zero attached hydrogens (tertiary/aromatic N) is 2. The van der Waals surface area contributed by atoms with E-state index in [2.05, 4.69) is 10.3 Å². The molecule has 1 aliphatic rings. The van der Waals surface area contributed by atoms with Crippen LogP contribution in [-0.2, 0) is 17.8 Å². The molecule has 0 unspecified atom stereocenters. The van der Waals surface area contributed by atoms with Crippen LogP contribution in [0.1, 0.15) is 33.8 Å². The smallest absolute Gasteiger partial charge is 0.251 e. The Kier molecular flexibility index (Phi) is 3.89. The monoisotopic (exact) mass is 317 g/mol. The Labute approximate surface area is 130 Å². The van der Waals surface area contributed by atoms with Crippen molar-refractivity contribution in [2.75, 3.05) is 5.32 Å². The van der Waals surface area contributed by atoms with E-state index in [1.165, 1.54) is 22.0 Å². The fraction of sp³-hybridized carbons (Fsp3) is 0.333. The number of nitrogens with one attached hydrogen (secondary N) is 1. The fourth-order valence-corrected chi connectivity index (χ4v) is 3.37. The van der Waals surface area contributed by atoms with E-state index in [4.69, 9.17) is 0 Å². The van der Waals surface area contributed by atoms with Crippen molar-refractivity contribution < 1.29 is 9.59 Å². The maximum atomic E-state index is 12.0. The summed E-state index contributed by atoms with van der Waals surface area (Å²) in [5, 5.41) is 3.09. The van der Waals surface area contributed by atoms with Crippen LogP contribution in [0.4, 0.5) is 5.13 Å². The van der Waals surface area contributed by atoms with E-state index >= 15 is 0 Å². The van der Waals surface area contributed by atoms with Gasteiger partial charge in [0, 0.05) is 18.7 Å². The van der Waals surface area contributed by atoms with Crippen LogP contribution in [0.3, 0.4) is 0 Å². The number of anilines is 1. The molecule has 0 saturated carbocycles. The molecule has 0 aromatic carbocycles. The number of rotatable bonds is 3. The Morgan fingerprint density at radius 2 is 2.23 bits per heavy atom. The molecule has 114 valence electrons. The third kappa shape index (κ3) is 2.99. The summed E-state index contributed by atoms with van der Waals surface area (Å²) in [4.78, 5) is 40.5. The van der Waals surface area contributed by atoms with E-state index in [1.54, 1.807) is 12.3 Å². The van der Waals surface area contributed by atoms with E-state index < -0.39 is 0 Å². The Bertz CT molecular complexity index is 807. The molecule has 3 rings (SSSR count). The number of carbonyl (C=O) groups is 2. The minimum Gasteiger partial charge on any atom is -0.306 e. The van der Waals surface area contributed by atoms with E-state index in [1.807, 2.05) is 6.92 Å². The molecule has 2 aromatic rings. The summed E-state index contributed by atoms with van der Waals surface area (Å²) >= 11 is 1.21. The average Bonchev–Trinajstić information content (AvgIpc) is 2.86. The number of ketones is 1. The number of fused-ring (bicyclic) bond motifs is 1. The molecule has 0 bridgehead atoms. The van der Waals surface area contributed by atoms with Crippen molar-refractivity contribution in [1.82, 2.24) is 9.55 Å². The number of carbonyl (C=O) groups excluding carboxylic acids is 2. The van der Waals surface area contributed by atoms with Crippen LogP contribution in [0.5, 0.6) is 0 Å². The summed E-state index contributed by atoms with van der Waals surface area (Å²) in [5.41, 5.74) is 1.40. The largest absolute Gasteiger partial charge is 0.306 e. The SMILES string of the molecule is Cc1ccn(CC(=O)Nc2nc3c(s2)C(=O)CCC3)c(=O)c1. The summed E-state index contributed by atoms with van der Waals surface area (Å²) in [7, 11) is 0. The zero-order valence-corrected chi connectivity index (χ0v) is 12.9. The van der Waals surface area contributed by atoms with Gasteiger partial charge in [-0.2, -0.15) is 0 Å². The second-order valence-corrected chi connectivity index (χ2v) is 6.29. The Hall–Kier alpha value is -2.28. The Morgan fingerprint density at radius 1 is 1.41 bits per heavy atom. The number of Topliss-reactive ketones (excluding diaryl/α,β-unsaturated/α-hetero) is 1. The summed E-state index contributed by atoms with van der Waals surface area (Å²) in [5.74, 6) is -0.237. The highest BCUT2D eigenvalue weighted by molar-refractivity contribution is 7.17. The second-order valence-electron chi connectivity index (χ2n) is 5.29. The lowest BCUT2D eigenvalue weighted by atomic mass is 10.0. The maximum Gasteiger partial charge on any atom is 0.251 e. The molecular formula is C15H15N3O3S. The van der Waals surface area contributed by atoms with Gasteiger partial charge in [0.1, 0.15) is 6.54 Å². The van der Waals surface area contributed by atoms with Crippen molar-refractivity contribution in [3.8, 4) is 0 Å². The number of pyridine rings is 1. The predicted octanol–water partition coefficient (Wildman–Crippen LogP) is 1.77. The average molecular weight is 317 g/mol. The van der Waals surface area contributed by atoms with Gasteiger partial charge in [-0.25, -0.2) is 4.98 Å². The van der Waals surface area contributed by atoms with Crippen LogP contribution in [0.25, 0.3) is 0 Å². The molecule has 1 N–H and O–H groups in total. The molecule has 2 heterocycles. The molecule has 1 amide bonds. The normalized spacial score (nSPS) is 13.8. The lowest BCUT2D eigenvalue weighted by Gasteiger charge is -2.06. The van der Waals surface area contributed by atoms with Crippen LogP contribution in [0.2, 0.25) is 0 Å². The first-order valence-corrected chi connectivity index (χ1v) is 7.84. The minimum atomic E-state index is -0.329. The van der Waals surface area contributed by atoms with E-state index in [-0.39, 0.29) is 23.8 Å². The predicted molar refractivity (Wildman–Crippen MR) is 83.5 cm³/mol. The molecule has 0 saturated heterocycles. The van der Waals surface area contributed by atoms with E-state index in [0.29, 0.717) is 16.4 Å². The van der Waals surface area contributed by atoms with Crippen molar-refractivity contribution in [1.29, 1.82) is 0 Å². The van der Waals surface area contributed by atoms with Crippen LogP contribution in [0, 0.1) is 6.92 Å². The third-order valence-electron chi connectivity index (χ3n) is 3.48. The van der Waals surface area contributed by atoms with Crippen molar-refractivity contribution in [2.45, 2.75) is 32.7 Å². The van der Waals surface area contributed by atoms with Gasteiger partial charge in [0.15, 0.2) is 10.9 Å². The molecule has 0 fully saturated rings. The van der Waals surface area contributed by atoms with Gasteiger partial charge < -0.3 is 9.88 Å². The molecule has 0 radical (unpaired) electrons. The highest BCUT2D eigenvalue weighted by Crippen LogP contribution is 2.29.